The lowest BCUT2D eigenvalue weighted by molar-refractivity contribution is -0.116. The van der Waals surface area contributed by atoms with Crippen LogP contribution < -0.4 is 10.9 Å². The molecule has 0 radical (unpaired) electrons. The fraction of sp³-hybridized carbons (Fsp3) is 0.250. The van der Waals surface area contributed by atoms with Crippen LogP contribution in [0.3, 0.4) is 0 Å². The molecule has 0 spiro atoms. The maximum Gasteiger partial charge on any atom is 0.287 e. The van der Waals surface area contributed by atoms with Gasteiger partial charge in [0, 0.05) is 17.7 Å². The number of aryl methyl sites for hydroxylation is 1. The van der Waals surface area contributed by atoms with Crippen molar-refractivity contribution in [3.63, 3.8) is 0 Å². The van der Waals surface area contributed by atoms with Gasteiger partial charge in [-0.25, -0.2) is 4.68 Å². The van der Waals surface area contributed by atoms with Crippen LogP contribution in [-0.4, -0.2) is 21.5 Å². The second-order valence-electron chi connectivity index (χ2n) is 5.47. The van der Waals surface area contributed by atoms with E-state index in [-0.39, 0.29) is 28.3 Å². The van der Waals surface area contributed by atoms with Gasteiger partial charge in [0.25, 0.3) is 5.56 Å². The molecule has 24 heavy (non-hydrogen) atoms. The molecule has 0 unspecified atom stereocenters. The SMILES string of the molecule is O=C1CCCc2cc(C(=O)Cn3ncc(Cl)c(Cl)c3=O)ccc2N1. The molecule has 3 rings (SSSR count). The predicted molar refractivity (Wildman–Crippen MR) is 90.9 cm³/mol. The van der Waals surface area contributed by atoms with E-state index in [1.807, 2.05) is 0 Å². The van der Waals surface area contributed by atoms with Crippen LogP contribution in [0.25, 0.3) is 0 Å². The summed E-state index contributed by atoms with van der Waals surface area (Å²) in [6.45, 7) is -0.235. The van der Waals surface area contributed by atoms with Crippen LogP contribution in [0.4, 0.5) is 5.69 Å². The summed E-state index contributed by atoms with van der Waals surface area (Å²) in [4.78, 5) is 35.9. The summed E-state index contributed by atoms with van der Waals surface area (Å²) < 4.78 is 0.976. The van der Waals surface area contributed by atoms with Crippen molar-refractivity contribution < 1.29 is 9.59 Å². The number of nitrogens with zero attached hydrogens (tertiary/aromatic N) is 2. The van der Waals surface area contributed by atoms with E-state index in [0.717, 1.165) is 22.4 Å². The number of hydrogen-bond acceptors (Lipinski definition) is 4. The molecule has 1 aromatic carbocycles. The van der Waals surface area contributed by atoms with Gasteiger partial charge in [-0.2, -0.15) is 5.10 Å². The zero-order valence-corrected chi connectivity index (χ0v) is 14.0. The van der Waals surface area contributed by atoms with Crippen LogP contribution in [-0.2, 0) is 17.8 Å². The lowest BCUT2D eigenvalue weighted by Crippen LogP contribution is -2.27. The Morgan fingerprint density at radius 2 is 2.04 bits per heavy atom. The number of amides is 1. The molecular weight excluding hydrogens is 353 g/mol. The van der Waals surface area contributed by atoms with Gasteiger partial charge in [0.2, 0.25) is 5.91 Å². The van der Waals surface area contributed by atoms with Crippen molar-refractivity contribution in [1.82, 2.24) is 9.78 Å². The first-order valence-corrected chi connectivity index (χ1v) is 8.08. The van der Waals surface area contributed by atoms with Gasteiger partial charge in [-0.1, -0.05) is 23.2 Å². The fourth-order valence-corrected chi connectivity index (χ4v) is 2.80. The molecule has 1 aromatic heterocycles. The van der Waals surface area contributed by atoms with Crippen molar-refractivity contribution in [3.05, 3.63) is 55.9 Å². The van der Waals surface area contributed by atoms with Gasteiger partial charge < -0.3 is 5.32 Å². The number of hydrogen-bond donors (Lipinski definition) is 1. The van der Waals surface area contributed by atoms with Crippen LogP contribution in [0.5, 0.6) is 0 Å². The van der Waals surface area contributed by atoms with Gasteiger partial charge in [0.15, 0.2) is 5.78 Å². The summed E-state index contributed by atoms with van der Waals surface area (Å²) in [7, 11) is 0. The number of aromatic nitrogens is 2. The standard InChI is InChI=1S/C16H13Cl2N3O3/c17-11-7-19-21(16(24)15(11)18)8-13(22)10-4-5-12-9(6-10)2-1-3-14(23)20-12/h4-7H,1-3,8H2,(H,20,23). The Balaban J connectivity index is 1.86. The Bertz CT molecular complexity index is 893. The van der Waals surface area contributed by atoms with Crippen LogP contribution >= 0.6 is 23.2 Å². The number of rotatable bonds is 3. The topological polar surface area (TPSA) is 81.1 Å². The minimum atomic E-state index is -0.612. The number of benzene rings is 1. The number of carbonyl (C=O) groups is 2. The Morgan fingerprint density at radius 1 is 1.25 bits per heavy atom. The van der Waals surface area contributed by atoms with E-state index in [1.165, 1.54) is 6.20 Å². The Labute approximate surface area is 147 Å². The number of Topliss-reactive ketones (excluding diaryl/α,β-unsaturated/α-hetero) is 1. The van der Waals surface area contributed by atoms with E-state index in [1.54, 1.807) is 18.2 Å². The zero-order chi connectivity index (χ0) is 17.3. The predicted octanol–water partition coefficient (Wildman–Crippen LogP) is 2.71. The van der Waals surface area contributed by atoms with E-state index in [0.29, 0.717) is 18.4 Å². The summed E-state index contributed by atoms with van der Waals surface area (Å²) in [6.07, 6.45) is 3.12. The van der Waals surface area contributed by atoms with Gasteiger partial charge in [-0.05, 0) is 36.6 Å². The highest BCUT2D eigenvalue weighted by Gasteiger charge is 2.17. The van der Waals surface area contributed by atoms with Gasteiger partial charge in [-0.3, -0.25) is 14.4 Å². The first kappa shape index (κ1) is 16.7. The number of nitrogens with one attached hydrogen (secondary N) is 1. The third-order valence-electron chi connectivity index (χ3n) is 3.79. The summed E-state index contributed by atoms with van der Waals surface area (Å²) in [5, 5.41) is 6.52. The number of ketones is 1. The van der Waals surface area contributed by atoms with E-state index < -0.39 is 5.56 Å². The van der Waals surface area contributed by atoms with Crippen molar-refractivity contribution in [2.45, 2.75) is 25.8 Å². The molecular formula is C16H13Cl2N3O3. The fourth-order valence-electron chi connectivity index (χ4n) is 2.53. The van der Waals surface area contributed by atoms with E-state index in [4.69, 9.17) is 23.2 Å². The quantitative estimate of drug-likeness (QED) is 0.847. The van der Waals surface area contributed by atoms with Crippen molar-refractivity contribution in [1.29, 1.82) is 0 Å². The van der Waals surface area contributed by atoms with Crippen molar-refractivity contribution in [2.24, 2.45) is 0 Å². The molecule has 1 aliphatic heterocycles. The maximum absolute atomic E-state index is 12.4. The molecule has 124 valence electrons. The van der Waals surface area contributed by atoms with Crippen molar-refractivity contribution in [3.8, 4) is 0 Å². The number of halogens is 2. The van der Waals surface area contributed by atoms with Crippen LogP contribution in [0.1, 0.15) is 28.8 Å². The highest BCUT2D eigenvalue weighted by molar-refractivity contribution is 6.41. The Kier molecular flexibility index (Phi) is 4.69. The van der Waals surface area contributed by atoms with E-state index in [9.17, 15) is 14.4 Å². The van der Waals surface area contributed by atoms with Gasteiger partial charge >= 0.3 is 0 Å². The smallest absolute Gasteiger partial charge is 0.287 e. The summed E-state index contributed by atoms with van der Waals surface area (Å²) in [5.41, 5.74) is 1.46. The third kappa shape index (κ3) is 3.34. The average molecular weight is 366 g/mol. The first-order chi connectivity index (χ1) is 11.5. The van der Waals surface area contributed by atoms with Crippen LogP contribution in [0.15, 0.2) is 29.2 Å². The lowest BCUT2D eigenvalue weighted by atomic mass is 10.0. The first-order valence-electron chi connectivity index (χ1n) is 7.33. The van der Waals surface area contributed by atoms with Gasteiger partial charge in [-0.15, -0.1) is 0 Å². The largest absolute Gasteiger partial charge is 0.326 e. The molecule has 0 saturated heterocycles. The summed E-state index contributed by atoms with van der Waals surface area (Å²) in [5.74, 6) is -0.305. The molecule has 1 amide bonds. The zero-order valence-electron chi connectivity index (χ0n) is 12.5. The second kappa shape index (κ2) is 6.75. The number of carbonyl (C=O) groups excluding carboxylic acids is 2. The monoisotopic (exact) mass is 365 g/mol. The average Bonchev–Trinajstić information content (AvgIpc) is 2.75. The van der Waals surface area contributed by atoms with Crippen molar-refractivity contribution >= 4 is 40.6 Å². The van der Waals surface area contributed by atoms with Crippen LogP contribution in [0.2, 0.25) is 10.0 Å². The molecule has 2 aromatic rings. The number of fused-ring (bicyclic) bond motifs is 1. The van der Waals surface area contributed by atoms with Gasteiger partial charge in [0.05, 0.1) is 11.2 Å². The molecule has 1 N–H and O–H groups in total. The molecule has 1 aliphatic rings. The lowest BCUT2D eigenvalue weighted by Gasteiger charge is -2.09. The van der Waals surface area contributed by atoms with E-state index in [2.05, 4.69) is 10.4 Å². The minimum Gasteiger partial charge on any atom is -0.326 e. The Morgan fingerprint density at radius 3 is 2.83 bits per heavy atom. The van der Waals surface area contributed by atoms with Crippen molar-refractivity contribution in [2.75, 3.05) is 5.32 Å². The highest BCUT2D eigenvalue weighted by atomic mass is 35.5. The molecule has 8 heteroatoms. The summed E-state index contributed by atoms with van der Waals surface area (Å²) in [6, 6.07) is 5.07. The molecule has 0 aliphatic carbocycles. The van der Waals surface area contributed by atoms with E-state index >= 15 is 0 Å². The third-order valence-corrected chi connectivity index (χ3v) is 4.54. The molecule has 2 heterocycles. The molecule has 6 nitrogen and oxygen atoms in total. The molecule has 0 atom stereocenters. The normalized spacial score (nSPS) is 13.8. The molecule has 0 fully saturated rings. The molecule has 0 bridgehead atoms. The molecule has 0 saturated carbocycles. The Hall–Kier alpha value is -2.18. The van der Waals surface area contributed by atoms with Crippen LogP contribution in [0, 0.1) is 0 Å². The van der Waals surface area contributed by atoms with Gasteiger partial charge in [0.1, 0.15) is 11.6 Å². The highest BCUT2D eigenvalue weighted by Crippen LogP contribution is 2.23. The second-order valence-corrected chi connectivity index (χ2v) is 6.25. The maximum atomic E-state index is 12.4. The minimum absolute atomic E-state index is 0.0283. The number of anilines is 1. The summed E-state index contributed by atoms with van der Waals surface area (Å²) >= 11 is 11.5.